The number of nitrogens with one attached hydrogen (secondary N) is 1. The largest absolute Gasteiger partial charge is 0.383 e. The zero-order valence-electron chi connectivity index (χ0n) is 11.7. The summed E-state index contributed by atoms with van der Waals surface area (Å²) >= 11 is 5.88. The van der Waals surface area contributed by atoms with E-state index in [-0.39, 0.29) is 12.6 Å². The Morgan fingerprint density at radius 1 is 1.35 bits per heavy atom. The minimum Gasteiger partial charge on any atom is -0.383 e. The van der Waals surface area contributed by atoms with E-state index in [1.54, 1.807) is 19.1 Å². The predicted molar refractivity (Wildman–Crippen MR) is 80.3 cm³/mol. The highest BCUT2D eigenvalue weighted by Crippen LogP contribution is 2.41. The van der Waals surface area contributed by atoms with Gasteiger partial charge in [0.15, 0.2) is 0 Å². The summed E-state index contributed by atoms with van der Waals surface area (Å²) in [4.78, 5) is 0. The van der Waals surface area contributed by atoms with Crippen molar-refractivity contribution in [3.05, 3.63) is 34.9 Å². The molecule has 1 aliphatic rings. The minimum atomic E-state index is -3.39. The van der Waals surface area contributed by atoms with Gasteiger partial charge in [0, 0.05) is 18.2 Å². The Morgan fingerprint density at radius 3 is 2.45 bits per heavy atom. The summed E-state index contributed by atoms with van der Waals surface area (Å²) in [6, 6.07) is 7.18. The smallest absolute Gasteiger partial charge is 0.217 e. The summed E-state index contributed by atoms with van der Waals surface area (Å²) in [5.74, 6) is 0.376. The van der Waals surface area contributed by atoms with E-state index in [9.17, 15) is 8.42 Å². The molecule has 0 bridgehead atoms. The van der Waals surface area contributed by atoms with E-state index < -0.39 is 15.3 Å². The number of ether oxygens (including phenoxy) is 1. The highest BCUT2D eigenvalue weighted by atomic mass is 35.5. The van der Waals surface area contributed by atoms with Gasteiger partial charge in [-0.3, -0.25) is 0 Å². The molecule has 20 heavy (non-hydrogen) atoms. The second kappa shape index (κ2) is 6.43. The van der Waals surface area contributed by atoms with E-state index in [1.807, 2.05) is 12.1 Å². The number of rotatable bonds is 7. The molecule has 2 rings (SSSR count). The fourth-order valence-corrected chi connectivity index (χ4v) is 3.51. The van der Waals surface area contributed by atoms with Gasteiger partial charge >= 0.3 is 0 Å². The molecule has 2 atom stereocenters. The van der Waals surface area contributed by atoms with Crippen LogP contribution in [0.15, 0.2) is 24.3 Å². The maximum atomic E-state index is 12.3. The van der Waals surface area contributed by atoms with Gasteiger partial charge in [0.05, 0.1) is 11.9 Å². The summed E-state index contributed by atoms with van der Waals surface area (Å²) < 4.78 is 32.3. The second-order valence-corrected chi connectivity index (χ2v) is 7.86. The third kappa shape index (κ3) is 3.95. The number of hydrogen-bond acceptors (Lipinski definition) is 3. The topological polar surface area (TPSA) is 55.4 Å². The SMILES string of the molecule is COC[C@H](C)S(=O)(=O)N[C@H](c1ccc(Cl)cc1)C1CC1. The third-order valence-corrected chi connectivity index (χ3v) is 5.57. The standard InChI is InChI=1S/C14H20ClNO3S/c1-10(9-19-2)20(17,18)16-14(11-3-4-11)12-5-7-13(15)8-6-12/h5-8,10-11,14,16H,3-4,9H2,1-2H3/t10-,14-/m0/s1. The first kappa shape index (κ1) is 15.8. The molecule has 0 amide bonds. The van der Waals surface area contributed by atoms with Gasteiger partial charge in [-0.25, -0.2) is 13.1 Å². The molecule has 112 valence electrons. The molecule has 0 aliphatic heterocycles. The molecular weight excluding hydrogens is 298 g/mol. The van der Waals surface area contributed by atoms with Crippen LogP contribution >= 0.6 is 11.6 Å². The first-order chi connectivity index (χ1) is 9.44. The van der Waals surface area contributed by atoms with Crippen molar-refractivity contribution in [1.29, 1.82) is 0 Å². The number of hydrogen-bond donors (Lipinski definition) is 1. The van der Waals surface area contributed by atoms with Crippen molar-refractivity contribution in [3.8, 4) is 0 Å². The van der Waals surface area contributed by atoms with Crippen LogP contribution in [0.2, 0.25) is 5.02 Å². The molecule has 1 aliphatic carbocycles. The van der Waals surface area contributed by atoms with E-state index in [0.717, 1.165) is 18.4 Å². The quantitative estimate of drug-likeness (QED) is 0.841. The summed E-state index contributed by atoms with van der Waals surface area (Å²) in [6.07, 6.45) is 2.10. The molecule has 1 aromatic rings. The number of sulfonamides is 1. The Labute approximate surface area is 125 Å². The maximum absolute atomic E-state index is 12.3. The predicted octanol–water partition coefficient (Wildman–Crippen LogP) is 2.75. The monoisotopic (exact) mass is 317 g/mol. The zero-order valence-corrected chi connectivity index (χ0v) is 13.2. The van der Waals surface area contributed by atoms with Crippen LogP contribution in [0, 0.1) is 5.92 Å². The maximum Gasteiger partial charge on any atom is 0.217 e. The van der Waals surface area contributed by atoms with Crippen molar-refractivity contribution in [1.82, 2.24) is 4.72 Å². The summed E-state index contributed by atoms with van der Waals surface area (Å²) in [5, 5.41) is 0.0833. The van der Waals surface area contributed by atoms with Crippen LogP contribution in [-0.2, 0) is 14.8 Å². The highest BCUT2D eigenvalue weighted by Gasteiger charge is 2.36. The van der Waals surface area contributed by atoms with Crippen LogP contribution < -0.4 is 4.72 Å². The molecule has 0 unspecified atom stereocenters. The lowest BCUT2D eigenvalue weighted by molar-refractivity contribution is 0.200. The van der Waals surface area contributed by atoms with Gasteiger partial charge in [-0.15, -0.1) is 0 Å². The summed E-state index contributed by atoms with van der Waals surface area (Å²) in [7, 11) is -1.89. The average molecular weight is 318 g/mol. The fraction of sp³-hybridized carbons (Fsp3) is 0.571. The number of methoxy groups -OCH3 is 1. The zero-order chi connectivity index (χ0) is 14.8. The van der Waals surface area contributed by atoms with Gasteiger partial charge in [-0.1, -0.05) is 23.7 Å². The summed E-state index contributed by atoms with van der Waals surface area (Å²) in [5.41, 5.74) is 0.963. The first-order valence-corrected chi connectivity index (χ1v) is 8.62. The molecule has 0 aromatic heterocycles. The van der Waals surface area contributed by atoms with Crippen LogP contribution in [-0.4, -0.2) is 27.4 Å². The molecule has 1 saturated carbocycles. The van der Waals surface area contributed by atoms with Gasteiger partial charge in [-0.2, -0.15) is 0 Å². The minimum absolute atomic E-state index is 0.170. The molecule has 1 aromatic carbocycles. The molecule has 6 heteroatoms. The molecular formula is C14H20ClNO3S. The molecule has 0 radical (unpaired) electrons. The normalized spacial score (nSPS) is 18.8. The van der Waals surface area contributed by atoms with Gasteiger partial charge in [0.2, 0.25) is 10.0 Å². The van der Waals surface area contributed by atoms with Crippen molar-refractivity contribution in [3.63, 3.8) is 0 Å². The molecule has 4 nitrogen and oxygen atoms in total. The van der Waals surface area contributed by atoms with E-state index in [4.69, 9.17) is 16.3 Å². The van der Waals surface area contributed by atoms with Crippen LogP contribution in [0.25, 0.3) is 0 Å². The van der Waals surface area contributed by atoms with Gasteiger partial charge in [0.25, 0.3) is 0 Å². The highest BCUT2D eigenvalue weighted by molar-refractivity contribution is 7.90. The second-order valence-electron chi connectivity index (χ2n) is 5.30. The van der Waals surface area contributed by atoms with Gasteiger partial charge in [-0.05, 0) is 43.4 Å². The Hall–Kier alpha value is -0.620. The van der Waals surface area contributed by atoms with Crippen LogP contribution in [0.1, 0.15) is 31.4 Å². The molecule has 1 N–H and O–H groups in total. The molecule has 1 fully saturated rings. The molecule has 0 saturated heterocycles. The number of benzene rings is 1. The van der Waals surface area contributed by atoms with E-state index in [1.165, 1.54) is 7.11 Å². The Balaban J connectivity index is 2.16. The van der Waals surface area contributed by atoms with Crippen molar-refractivity contribution in [2.75, 3.05) is 13.7 Å². The first-order valence-electron chi connectivity index (χ1n) is 6.69. The molecule has 0 heterocycles. The third-order valence-electron chi connectivity index (χ3n) is 3.54. The average Bonchev–Trinajstić information content (AvgIpc) is 3.22. The summed E-state index contributed by atoms with van der Waals surface area (Å²) in [6.45, 7) is 1.84. The van der Waals surface area contributed by atoms with E-state index in [2.05, 4.69) is 4.72 Å². The fourth-order valence-electron chi connectivity index (χ4n) is 2.15. The van der Waals surface area contributed by atoms with Crippen molar-refractivity contribution >= 4 is 21.6 Å². The number of halogens is 1. The Bertz CT molecular complexity index is 540. The lowest BCUT2D eigenvalue weighted by Crippen LogP contribution is -2.38. The molecule has 0 spiro atoms. The van der Waals surface area contributed by atoms with Crippen molar-refractivity contribution in [2.24, 2.45) is 5.92 Å². The lowest BCUT2D eigenvalue weighted by atomic mass is 10.0. The van der Waals surface area contributed by atoms with Crippen LogP contribution in [0.5, 0.6) is 0 Å². The van der Waals surface area contributed by atoms with E-state index >= 15 is 0 Å². The van der Waals surface area contributed by atoms with Crippen LogP contribution in [0.3, 0.4) is 0 Å². The lowest BCUT2D eigenvalue weighted by Gasteiger charge is -2.21. The van der Waals surface area contributed by atoms with E-state index in [0.29, 0.717) is 10.9 Å². The van der Waals surface area contributed by atoms with Crippen LogP contribution in [0.4, 0.5) is 0 Å². The van der Waals surface area contributed by atoms with Crippen molar-refractivity contribution < 1.29 is 13.2 Å². The van der Waals surface area contributed by atoms with Crippen molar-refractivity contribution in [2.45, 2.75) is 31.1 Å². The Morgan fingerprint density at radius 2 is 1.95 bits per heavy atom. The van der Waals surface area contributed by atoms with Gasteiger partial charge in [0.1, 0.15) is 0 Å². The Kier molecular flexibility index (Phi) is 5.07. The van der Waals surface area contributed by atoms with Gasteiger partial charge < -0.3 is 4.74 Å².